The van der Waals surface area contributed by atoms with E-state index >= 15 is 0 Å². The number of para-hydroxylation sites is 1. The molecule has 0 amide bonds. The van der Waals surface area contributed by atoms with Crippen molar-refractivity contribution in [3.05, 3.63) is 103 Å². The Hall–Kier alpha value is -3.84. The van der Waals surface area contributed by atoms with Crippen LogP contribution in [0.3, 0.4) is 0 Å². The molecule has 0 aliphatic heterocycles. The number of hydrogen-bond acceptors (Lipinski definition) is 3. The number of rotatable bonds is 5. The number of benzene rings is 3. The molecule has 1 aromatic heterocycles. The van der Waals surface area contributed by atoms with E-state index in [-0.39, 0.29) is 0 Å². The van der Waals surface area contributed by atoms with Crippen molar-refractivity contribution in [3.8, 4) is 28.7 Å². The van der Waals surface area contributed by atoms with E-state index in [1.807, 2.05) is 77.5 Å². The van der Waals surface area contributed by atoms with Gasteiger partial charge in [0.05, 0.1) is 11.9 Å². The Morgan fingerprint density at radius 3 is 2.52 bits per heavy atom. The Kier molecular flexibility index (Phi) is 4.67. The molecule has 0 fully saturated rings. The second-order valence-corrected chi connectivity index (χ2v) is 6.14. The monoisotopic (exact) mass is 351 g/mol. The highest BCUT2D eigenvalue weighted by Gasteiger charge is 2.11. The Balaban J connectivity index is 1.69. The summed E-state index contributed by atoms with van der Waals surface area (Å²) in [7, 11) is 0. The molecule has 0 saturated heterocycles. The molecular formula is C23H17N3O. The van der Waals surface area contributed by atoms with E-state index in [1.54, 1.807) is 18.6 Å². The summed E-state index contributed by atoms with van der Waals surface area (Å²) in [5.74, 6) is 1.28. The minimum Gasteiger partial charge on any atom is -0.455 e. The molecule has 4 rings (SSSR count). The number of imidazole rings is 1. The van der Waals surface area contributed by atoms with Crippen LogP contribution >= 0.6 is 0 Å². The highest BCUT2D eigenvalue weighted by Crippen LogP contribution is 2.34. The molecule has 0 aliphatic carbocycles. The number of nitrogens with zero attached hydrogens (tertiary/aromatic N) is 3. The molecule has 0 unspecified atom stereocenters. The van der Waals surface area contributed by atoms with Crippen LogP contribution < -0.4 is 4.74 Å². The molecule has 0 radical (unpaired) electrons. The molecule has 4 aromatic rings. The SMILES string of the molecule is N#Cc1ccc(Cn2ccnc2)cc1Oc1ccccc1-c1ccccc1. The highest BCUT2D eigenvalue weighted by molar-refractivity contribution is 5.71. The lowest BCUT2D eigenvalue weighted by atomic mass is 10.0. The predicted molar refractivity (Wildman–Crippen MR) is 104 cm³/mol. The van der Waals surface area contributed by atoms with E-state index < -0.39 is 0 Å². The molecular weight excluding hydrogens is 334 g/mol. The maximum Gasteiger partial charge on any atom is 0.145 e. The van der Waals surface area contributed by atoms with Gasteiger partial charge in [0.2, 0.25) is 0 Å². The van der Waals surface area contributed by atoms with Gasteiger partial charge in [0.15, 0.2) is 0 Å². The van der Waals surface area contributed by atoms with Crippen molar-refractivity contribution in [2.45, 2.75) is 6.54 Å². The smallest absolute Gasteiger partial charge is 0.145 e. The van der Waals surface area contributed by atoms with Crippen LogP contribution in [0.5, 0.6) is 11.5 Å². The molecule has 0 atom stereocenters. The van der Waals surface area contributed by atoms with Crippen LogP contribution in [0.4, 0.5) is 0 Å². The van der Waals surface area contributed by atoms with Crippen LogP contribution in [0.25, 0.3) is 11.1 Å². The van der Waals surface area contributed by atoms with Crippen molar-refractivity contribution in [2.24, 2.45) is 0 Å². The van der Waals surface area contributed by atoms with Crippen LogP contribution in [0, 0.1) is 11.3 Å². The average Bonchev–Trinajstić information content (AvgIpc) is 3.22. The van der Waals surface area contributed by atoms with Gasteiger partial charge < -0.3 is 9.30 Å². The molecule has 0 aliphatic rings. The van der Waals surface area contributed by atoms with E-state index in [0.717, 1.165) is 22.4 Å². The summed E-state index contributed by atoms with van der Waals surface area (Å²) >= 11 is 0. The molecule has 1 heterocycles. The van der Waals surface area contributed by atoms with Gasteiger partial charge in [-0.3, -0.25) is 0 Å². The van der Waals surface area contributed by atoms with Gasteiger partial charge in [0.25, 0.3) is 0 Å². The Morgan fingerprint density at radius 1 is 0.926 bits per heavy atom. The second kappa shape index (κ2) is 7.59. The lowest BCUT2D eigenvalue weighted by Crippen LogP contribution is -1.98. The number of ether oxygens (including phenoxy) is 1. The van der Waals surface area contributed by atoms with E-state index in [2.05, 4.69) is 11.1 Å². The van der Waals surface area contributed by atoms with Gasteiger partial charge >= 0.3 is 0 Å². The molecule has 130 valence electrons. The van der Waals surface area contributed by atoms with Crippen LogP contribution in [0.15, 0.2) is 91.5 Å². The van der Waals surface area contributed by atoms with Crippen molar-refractivity contribution >= 4 is 0 Å². The van der Waals surface area contributed by atoms with E-state index in [0.29, 0.717) is 17.9 Å². The first-order chi connectivity index (χ1) is 13.3. The lowest BCUT2D eigenvalue weighted by Gasteiger charge is -2.13. The molecule has 4 nitrogen and oxygen atoms in total. The first kappa shape index (κ1) is 16.6. The predicted octanol–water partition coefficient (Wildman–Crippen LogP) is 5.26. The first-order valence-electron chi connectivity index (χ1n) is 8.64. The zero-order chi connectivity index (χ0) is 18.5. The molecule has 0 saturated carbocycles. The maximum absolute atomic E-state index is 9.49. The summed E-state index contributed by atoms with van der Waals surface area (Å²) in [4.78, 5) is 4.07. The van der Waals surface area contributed by atoms with Gasteiger partial charge in [-0.05, 0) is 29.3 Å². The third kappa shape index (κ3) is 3.73. The van der Waals surface area contributed by atoms with Crippen LogP contribution in [-0.2, 0) is 6.54 Å². The third-order valence-corrected chi connectivity index (χ3v) is 4.28. The molecule has 27 heavy (non-hydrogen) atoms. The first-order valence-corrected chi connectivity index (χ1v) is 8.64. The summed E-state index contributed by atoms with van der Waals surface area (Å²) in [6, 6.07) is 25.8. The summed E-state index contributed by atoms with van der Waals surface area (Å²) in [5, 5.41) is 9.49. The lowest BCUT2D eigenvalue weighted by molar-refractivity contribution is 0.482. The Morgan fingerprint density at radius 2 is 1.74 bits per heavy atom. The normalized spacial score (nSPS) is 10.3. The zero-order valence-corrected chi connectivity index (χ0v) is 14.6. The van der Waals surface area contributed by atoms with Crippen LogP contribution in [-0.4, -0.2) is 9.55 Å². The maximum atomic E-state index is 9.49. The second-order valence-electron chi connectivity index (χ2n) is 6.14. The summed E-state index contributed by atoms with van der Waals surface area (Å²) in [5.41, 5.74) is 3.61. The molecule has 0 bridgehead atoms. The van der Waals surface area contributed by atoms with Gasteiger partial charge in [0, 0.05) is 24.5 Å². The fourth-order valence-electron chi connectivity index (χ4n) is 2.96. The van der Waals surface area contributed by atoms with Crippen LogP contribution in [0.2, 0.25) is 0 Å². The van der Waals surface area contributed by atoms with Gasteiger partial charge in [-0.25, -0.2) is 4.98 Å². The fraction of sp³-hybridized carbons (Fsp3) is 0.0435. The van der Waals surface area contributed by atoms with Crippen molar-refractivity contribution in [3.63, 3.8) is 0 Å². The van der Waals surface area contributed by atoms with Gasteiger partial charge in [-0.1, -0.05) is 54.6 Å². The summed E-state index contributed by atoms with van der Waals surface area (Å²) in [6.45, 7) is 0.669. The third-order valence-electron chi connectivity index (χ3n) is 4.28. The number of nitriles is 1. The molecule has 0 spiro atoms. The van der Waals surface area contributed by atoms with E-state index in [4.69, 9.17) is 4.74 Å². The standard InChI is InChI=1S/C23H17N3O/c24-15-20-11-10-18(16-26-13-12-25-17-26)14-23(20)27-22-9-5-4-8-21(22)19-6-2-1-3-7-19/h1-14,17H,16H2. The van der Waals surface area contributed by atoms with Crippen molar-refractivity contribution in [1.82, 2.24) is 9.55 Å². The quantitative estimate of drug-likeness (QED) is 0.493. The van der Waals surface area contributed by atoms with Crippen molar-refractivity contribution in [1.29, 1.82) is 5.26 Å². The number of hydrogen-bond donors (Lipinski definition) is 0. The Labute approximate surface area is 157 Å². The molecule has 3 aromatic carbocycles. The minimum atomic E-state index is 0.507. The van der Waals surface area contributed by atoms with Gasteiger partial charge in [-0.15, -0.1) is 0 Å². The largest absolute Gasteiger partial charge is 0.455 e. The van der Waals surface area contributed by atoms with E-state index in [1.165, 1.54) is 0 Å². The van der Waals surface area contributed by atoms with E-state index in [9.17, 15) is 5.26 Å². The zero-order valence-electron chi connectivity index (χ0n) is 14.6. The highest BCUT2D eigenvalue weighted by atomic mass is 16.5. The van der Waals surface area contributed by atoms with Gasteiger partial charge in [-0.2, -0.15) is 5.26 Å². The average molecular weight is 351 g/mol. The van der Waals surface area contributed by atoms with Crippen molar-refractivity contribution in [2.75, 3.05) is 0 Å². The van der Waals surface area contributed by atoms with Crippen molar-refractivity contribution < 1.29 is 4.74 Å². The molecule has 4 heteroatoms. The fourth-order valence-corrected chi connectivity index (χ4v) is 2.96. The Bertz CT molecular complexity index is 1080. The topological polar surface area (TPSA) is 50.8 Å². The van der Waals surface area contributed by atoms with Gasteiger partial charge in [0.1, 0.15) is 17.6 Å². The summed E-state index contributed by atoms with van der Waals surface area (Å²) < 4.78 is 8.17. The van der Waals surface area contributed by atoms with Crippen LogP contribution in [0.1, 0.15) is 11.1 Å². The molecule has 0 N–H and O–H groups in total. The summed E-state index contributed by atoms with van der Waals surface area (Å²) in [6.07, 6.45) is 5.42. The number of aromatic nitrogens is 2. The minimum absolute atomic E-state index is 0.507.